The molecule has 7 heteroatoms. The van der Waals surface area contributed by atoms with E-state index < -0.39 is 0 Å². The van der Waals surface area contributed by atoms with E-state index in [2.05, 4.69) is 4.74 Å². The highest BCUT2D eigenvalue weighted by atomic mass is 19.1. The van der Waals surface area contributed by atoms with Crippen molar-refractivity contribution < 1.29 is 23.1 Å². The summed E-state index contributed by atoms with van der Waals surface area (Å²) in [6.07, 6.45) is 12.3. The lowest BCUT2D eigenvalue weighted by molar-refractivity contribution is -0.126. The minimum Gasteiger partial charge on any atom is -0.471 e. The minimum absolute atomic E-state index is 0.267. The van der Waals surface area contributed by atoms with Crippen LogP contribution in [0.3, 0.4) is 0 Å². The van der Waals surface area contributed by atoms with Gasteiger partial charge in [0, 0.05) is 44.6 Å². The summed E-state index contributed by atoms with van der Waals surface area (Å²) in [6.45, 7) is 4.06. The summed E-state index contributed by atoms with van der Waals surface area (Å²) >= 11 is 0. The number of benzene rings is 3. The molecular weight excluding hydrogens is 546 g/mol. The first-order valence-corrected chi connectivity index (χ1v) is 14.7. The third-order valence-electron chi connectivity index (χ3n) is 7.61. The number of rotatable bonds is 7. The molecule has 0 radical (unpaired) electrons. The largest absolute Gasteiger partial charge is 0.471 e. The van der Waals surface area contributed by atoms with Gasteiger partial charge < -0.3 is 19.3 Å². The Kier molecular flexibility index (Phi) is 15.2. The standard InChI is InChI=1S/C25H26F2N2.C7H12.C2H4O2.C2H4O/c1-5-6-18-13-22(26)16-24(14-18)29(4)17-21-8-7-20(15-25(21)27)19-9-11-23(12-10-19)28(2)3;1-2-7-4-3-6(1)5-7;1-4-2-3;1-2-3/h5-16H,17H2,1-4H3;6-7H,1-5H2;2H,1H3;2H,1H3/b6-5+;;;. The van der Waals surface area contributed by atoms with Crippen LogP contribution in [0.4, 0.5) is 20.2 Å². The van der Waals surface area contributed by atoms with Crippen molar-refractivity contribution in [3.05, 3.63) is 89.5 Å². The highest BCUT2D eigenvalue weighted by Crippen LogP contribution is 2.43. The first kappa shape index (κ1) is 35.2. The number of nitrogens with zero attached hydrogens (tertiary/aromatic N) is 2. The van der Waals surface area contributed by atoms with Crippen molar-refractivity contribution in [2.75, 3.05) is 38.1 Å². The molecule has 0 atom stereocenters. The average Bonchev–Trinajstić information content (AvgIpc) is 3.66. The molecule has 5 rings (SSSR count). The Morgan fingerprint density at radius 3 is 1.81 bits per heavy atom. The van der Waals surface area contributed by atoms with Crippen LogP contribution in [0.5, 0.6) is 0 Å². The number of methoxy groups -OCH3 is 1. The van der Waals surface area contributed by atoms with Gasteiger partial charge in [-0.25, -0.2) is 8.78 Å². The lowest BCUT2D eigenvalue weighted by Crippen LogP contribution is -2.17. The van der Waals surface area contributed by atoms with Gasteiger partial charge in [0.1, 0.15) is 17.9 Å². The Labute approximate surface area is 256 Å². The zero-order valence-electron chi connectivity index (χ0n) is 26.4. The summed E-state index contributed by atoms with van der Waals surface area (Å²) in [5.41, 5.74) is 4.96. The third-order valence-corrected chi connectivity index (χ3v) is 7.61. The lowest BCUT2D eigenvalue weighted by Gasteiger charge is -2.21. The third kappa shape index (κ3) is 11.7. The molecule has 2 saturated carbocycles. The fourth-order valence-corrected chi connectivity index (χ4v) is 5.43. The SMILES string of the molecule is C/C=C/c1cc(F)cc(N(C)Cc2ccc(-c3ccc(N(C)C)cc3)cc2F)c1.C1CC2CCC1C2.CC=O.COC=O. The minimum atomic E-state index is -0.306. The molecular formula is C36H46F2N2O3. The zero-order valence-corrected chi connectivity index (χ0v) is 26.4. The van der Waals surface area contributed by atoms with Crippen molar-refractivity contribution in [2.24, 2.45) is 11.8 Å². The number of carbonyl (C=O) groups excluding carboxylic acids is 2. The quantitative estimate of drug-likeness (QED) is 0.257. The summed E-state index contributed by atoms with van der Waals surface area (Å²) in [6, 6.07) is 18.1. The molecule has 0 N–H and O–H groups in total. The number of halogens is 2. The molecule has 0 aromatic heterocycles. The molecule has 0 spiro atoms. The fraction of sp³-hybridized carbons (Fsp3) is 0.389. The monoisotopic (exact) mass is 592 g/mol. The van der Waals surface area contributed by atoms with Crippen molar-refractivity contribution in [3.8, 4) is 11.1 Å². The summed E-state index contributed by atoms with van der Waals surface area (Å²) in [7, 11) is 7.12. The number of anilines is 2. The Morgan fingerprint density at radius 2 is 1.37 bits per heavy atom. The van der Waals surface area contributed by atoms with Gasteiger partial charge >= 0.3 is 0 Å². The van der Waals surface area contributed by atoms with Gasteiger partial charge in [0.05, 0.1) is 7.11 Å². The van der Waals surface area contributed by atoms with E-state index in [4.69, 9.17) is 9.59 Å². The van der Waals surface area contributed by atoms with E-state index in [0.29, 0.717) is 24.3 Å². The number of ether oxygens (including phenoxy) is 1. The van der Waals surface area contributed by atoms with Crippen LogP contribution < -0.4 is 9.80 Å². The molecule has 0 aliphatic heterocycles. The predicted molar refractivity (Wildman–Crippen MR) is 174 cm³/mol. The van der Waals surface area contributed by atoms with Crippen LogP contribution >= 0.6 is 0 Å². The zero-order chi connectivity index (χ0) is 31.8. The molecule has 2 aliphatic carbocycles. The normalized spacial score (nSPS) is 16.1. The second-order valence-electron chi connectivity index (χ2n) is 11.0. The average molecular weight is 593 g/mol. The molecule has 0 heterocycles. The molecule has 5 nitrogen and oxygen atoms in total. The summed E-state index contributed by atoms with van der Waals surface area (Å²) < 4.78 is 32.6. The number of hydrogen-bond acceptors (Lipinski definition) is 5. The Bertz CT molecular complexity index is 1290. The van der Waals surface area contributed by atoms with Gasteiger partial charge in [0.25, 0.3) is 6.47 Å². The van der Waals surface area contributed by atoms with Gasteiger partial charge in [-0.2, -0.15) is 0 Å². The molecule has 0 amide bonds. The predicted octanol–water partition coefficient (Wildman–Crippen LogP) is 8.56. The Balaban J connectivity index is 0.000000376. The van der Waals surface area contributed by atoms with E-state index in [9.17, 15) is 8.78 Å². The van der Waals surface area contributed by atoms with Gasteiger partial charge in [-0.05, 0) is 85.2 Å². The van der Waals surface area contributed by atoms with Crippen molar-refractivity contribution in [2.45, 2.75) is 52.5 Å². The maximum absolute atomic E-state index is 14.8. The number of hydrogen-bond donors (Lipinski definition) is 0. The maximum Gasteiger partial charge on any atom is 0.292 e. The number of fused-ring (bicyclic) bond motifs is 2. The molecule has 0 unspecified atom stereocenters. The van der Waals surface area contributed by atoms with Crippen molar-refractivity contribution in [3.63, 3.8) is 0 Å². The van der Waals surface area contributed by atoms with Crippen molar-refractivity contribution in [1.29, 1.82) is 0 Å². The molecule has 3 aromatic rings. The molecule has 0 saturated heterocycles. The summed E-state index contributed by atoms with van der Waals surface area (Å²) in [4.78, 5) is 21.6. The van der Waals surface area contributed by atoms with Crippen LogP contribution in [0, 0.1) is 23.5 Å². The van der Waals surface area contributed by atoms with Crippen LogP contribution in [0.2, 0.25) is 0 Å². The number of carbonyl (C=O) groups is 2. The molecule has 2 bridgehead atoms. The molecule has 2 fully saturated rings. The highest BCUT2D eigenvalue weighted by Gasteiger charge is 2.30. The molecule has 43 heavy (non-hydrogen) atoms. The Morgan fingerprint density at radius 1 is 0.814 bits per heavy atom. The van der Waals surface area contributed by atoms with E-state index in [-0.39, 0.29) is 11.6 Å². The molecule has 2 aliphatic rings. The molecule has 3 aromatic carbocycles. The second-order valence-corrected chi connectivity index (χ2v) is 11.0. The van der Waals surface area contributed by atoms with Crippen LogP contribution in [0.25, 0.3) is 17.2 Å². The van der Waals surface area contributed by atoms with Gasteiger partial charge in [0.15, 0.2) is 0 Å². The number of aldehydes is 1. The van der Waals surface area contributed by atoms with E-state index in [1.165, 1.54) is 38.0 Å². The first-order chi connectivity index (χ1) is 20.6. The lowest BCUT2D eigenvalue weighted by atomic mass is 10.0. The van der Waals surface area contributed by atoms with E-state index in [1.807, 2.05) is 86.4 Å². The maximum atomic E-state index is 14.8. The van der Waals surface area contributed by atoms with Gasteiger partial charge in [-0.1, -0.05) is 62.1 Å². The Hall–Kier alpha value is -4.00. The van der Waals surface area contributed by atoms with E-state index >= 15 is 0 Å². The highest BCUT2D eigenvalue weighted by molar-refractivity contribution is 5.67. The van der Waals surface area contributed by atoms with Crippen LogP contribution in [0.15, 0.2) is 66.7 Å². The summed E-state index contributed by atoms with van der Waals surface area (Å²) in [5.74, 6) is 1.77. The number of allylic oxidation sites excluding steroid dienone is 1. The first-order valence-electron chi connectivity index (χ1n) is 14.7. The van der Waals surface area contributed by atoms with Gasteiger partial charge in [-0.3, -0.25) is 4.79 Å². The van der Waals surface area contributed by atoms with Crippen molar-refractivity contribution in [1.82, 2.24) is 0 Å². The van der Waals surface area contributed by atoms with Crippen molar-refractivity contribution >= 4 is 30.2 Å². The van der Waals surface area contributed by atoms with Crippen LogP contribution in [-0.2, 0) is 20.9 Å². The van der Waals surface area contributed by atoms with E-state index in [1.54, 1.807) is 44.2 Å². The van der Waals surface area contributed by atoms with Crippen LogP contribution in [0.1, 0.15) is 57.1 Å². The summed E-state index contributed by atoms with van der Waals surface area (Å²) in [5, 5.41) is 0. The van der Waals surface area contributed by atoms with E-state index in [0.717, 1.165) is 28.7 Å². The smallest absolute Gasteiger partial charge is 0.292 e. The van der Waals surface area contributed by atoms with Gasteiger partial charge in [0.2, 0.25) is 0 Å². The fourth-order valence-electron chi connectivity index (χ4n) is 5.43. The second kappa shape index (κ2) is 18.5. The topological polar surface area (TPSA) is 49.9 Å². The van der Waals surface area contributed by atoms with Crippen LogP contribution in [-0.4, -0.2) is 41.0 Å². The molecule has 232 valence electrons. The van der Waals surface area contributed by atoms with Gasteiger partial charge in [-0.15, -0.1) is 0 Å².